The second-order valence-corrected chi connectivity index (χ2v) is 3.67. The molecule has 1 aromatic rings. The van der Waals surface area contributed by atoms with Crippen molar-refractivity contribution in [1.29, 1.82) is 0 Å². The number of ether oxygens (including phenoxy) is 3. The molecule has 1 aromatic carbocycles. The van der Waals surface area contributed by atoms with E-state index in [4.69, 9.17) is 4.74 Å². The second kappa shape index (κ2) is 7.20. The fourth-order valence-corrected chi connectivity index (χ4v) is 1.57. The average molecular weight is 264 g/mol. The summed E-state index contributed by atoms with van der Waals surface area (Å²) in [4.78, 5) is 22.9. The number of benzene rings is 1. The SMILES string of the molecule is COC(=O)/C=C(\Cc1ccccc1OC)C(=O)OC. The van der Waals surface area contributed by atoms with Gasteiger partial charge in [0.25, 0.3) is 0 Å². The molecule has 5 heteroatoms. The van der Waals surface area contributed by atoms with E-state index < -0.39 is 11.9 Å². The molecule has 0 spiro atoms. The first-order chi connectivity index (χ1) is 9.12. The van der Waals surface area contributed by atoms with Crippen molar-refractivity contribution in [3.05, 3.63) is 41.5 Å². The maximum absolute atomic E-state index is 11.6. The average Bonchev–Trinajstić information content (AvgIpc) is 2.45. The maximum Gasteiger partial charge on any atom is 0.334 e. The van der Waals surface area contributed by atoms with Gasteiger partial charge in [0.2, 0.25) is 0 Å². The molecule has 0 amide bonds. The zero-order valence-electron chi connectivity index (χ0n) is 11.1. The van der Waals surface area contributed by atoms with Crippen LogP contribution in [0.25, 0.3) is 0 Å². The van der Waals surface area contributed by atoms with Crippen LogP contribution in [0.4, 0.5) is 0 Å². The highest BCUT2D eigenvalue weighted by Gasteiger charge is 2.15. The lowest BCUT2D eigenvalue weighted by atomic mass is 10.0. The summed E-state index contributed by atoms with van der Waals surface area (Å²) in [7, 11) is 4.05. The first kappa shape index (κ1) is 14.8. The van der Waals surface area contributed by atoms with Crippen LogP contribution < -0.4 is 4.74 Å². The third kappa shape index (κ3) is 4.13. The molecule has 0 aliphatic rings. The molecule has 0 heterocycles. The molecule has 0 aromatic heterocycles. The summed E-state index contributed by atoms with van der Waals surface area (Å²) in [5, 5.41) is 0. The van der Waals surface area contributed by atoms with Crippen LogP contribution in [0.15, 0.2) is 35.9 Å². The Bertz CT molecular complexity index is 490. The number of para-hydroxylation sites is 1. The van der Waals surface area contributed by atoms with Crippen LogP contribution in [0.3, 0.4) is 0 Å². The first-order valence-corrected chi connectivity index (χ1v) is 5.61. The molecule has 19 heavy (non-hydrogen) atoms. The molecule has 0 aliphatic heterocycles. The van der Waals surface area contributed by atoms with Gasteiger partial charge in [-0.1, -0.05) is 18.2 Å². The van der Waals surface area contributed by atoms with Crippen molar-refractivity contribution in [1.82, 2.24) is 0 Å². The highest BCUT2D eigenvalue weighted by atomic mass is 16.5. The summed E-state index contributed by atoms with van der Waals surface area (Å²) in [5.41, 5.74) is 0.990. The highest BCUT2D eigenvalue weighted by Crippen LogP contribution is 2.21. The van der Waals surface area contributed by atoms with Crippen molar-refractivity contribution in [2.75, 3.05) is 21.3 Å². The van der Waals surface area contributed by atoms with E-state index in [1.165, 1.54) is 14.2 Å². The van der Waals surface area contributed by atoms with Crippen molar-refractivity contribution in [2.45, 2.75) is 6.42 Å². The van der Waals surface area contributed by atoms with Gasteiger partial charge < -0.3 is 14.2 Å². The first-order valence-electron chi connectivity index (χ1n) is 5.61. The Morgan fingerprint density at radius 3 is 2.37 bits per heavy atom. The van der Waals surface area contributed by atoms with Gasteiger partial charge in [0, 0.05) is 18.1 Å². The van der Waals surface area contributed by atoms with Crippen LogP contribution in [0.2, 0.25) is 0 Å². The van der Waals surface area contributed by atoms with Crippen LogP contribution in [0, 0.1) is 0 Å². The van der Waals surface area contributed by atoms with Gasteiger partial charge >= 0.3 is 11.9 Å². The monoisotopic (exact) mass is 264 g/mol. The van der Waals surface area contributed by atoms with Gasteiger partial charge in [0.1, 0.15) is 5.75 Å². The van der Waals surface area contributed by atoms with Gasteiger partial charge in [-0.05, 0) is 11.6 Å². The number of carbonyl (C=O) groups is 2. The molecule has 5 nitrogen and oxygen atoms in total. The van der Waals surface area contributed by atoms with Crippen molar-refractivity contribution in [3.63, 3.8) is 0 Å². The number of rotatable bonds is 5. The normalized spacial score (nSPS) is 10.8. The Hall–Kier alpha value is -2.30. The van der Waals surface area contributed by atoms with Crippen molar-refractivity contribution in [2.24, 2.45) is 0 Å². The predicted molar refractivity (Wildman–Crippen MR) is 68.8 cm³/mol. The Balaban J connectivity index is 3.04. The molecule has 0 saturated carbocycles. The van der Waals surface area contributed by atoms with Crippen LogP contribution in [0.1, 0.15) is 5.56 Å². The van der Waals surface area contributed by atoms with Crippen LogP contribution in [-0.2, 0) is 25.5 Å². The summed E-state index contributed by atoms with van der Waals surface area (Å²) in [6.45, 7) is 0. The molecule has 0 unspecified atom stereocenters. The standard InChI is InChI=1S/C14H16O5/c1-17-12-7-5-4-6-10(12)8-11(14(16)19-3)9-13(15)18-2/h4-7,9H,8H2,1-3H3/b11-9+. The van der Waals surface area contributed by atoms with Gasteiger partial charge in [0.15, 0.2) is 0 Å². The van der Waals surface area contributed by atoms with Gasteiger partial charge in [-0.15, -0.1) is 0 Å². The molecule has 1 rings (SSSR count). The van der Waals surface area contributed by atoms with Crippen LogP contribution >= 0.6 is 0 Å². The van der Waals surface area contributed by atoms with E-state index >= 15 is 0 Å². The van der Waals surface area contributed by atoms with Crippen molar-refractivity contribution in [3.8, 4) is 5.75 Å². The minimum absolute atomic E-state index is 0.207. The third-order valence-corrected chi connectivity index (χ3v) is 2.51. The maximum atomic E-state index is 11.6. The van der Waals surface area contributed by atoms with Crippen LogP contribution in [-0.4, -0.2) is 33.3 Å². The fraction of sp³-hybridized carbons (Fsp3) is 0.286. The lowest BCUT2D eigenvalue weighted by molar-refractivity contribution is -0.138. The Labute approximate surface area is 111 Å². The third-order valence-electron chi connectivity index (χ3n) is 2.51. The lowest BCUT2D eigenvalue weighted by Gasteiger charge is -2.09. The van der Waals surface area contributed by atoms with Gasteiger partial charge in [-0.25, -0.2) is 9.59 Å². The van der Waals surface area contributed by atoms with E-state index in [1.54, 1.807) is 13.2 Å². The largest absolute Gasteiger partial charge is 0.496 e. The lowest BCUT2D eigenvalue weighted by Crippen LogP contribution is -2.11. The molecule has 0 saturated heterocycles. The summed E-state index contributed by atoms with van der Waals surface area (Å²) in [6.07, 6.45) is 1.35. The number of esters is 2. The predicted octanol–water partition coefficient (Wildman–Crippen LogP) is 1.51. The quantitative estimate of drug-likeness (QED) is 0.596. The molecule has 0 N–H and O–H groups in total. The molecule has 0 aliphatic carbocycles. The van der Waals surface area contributed by atoms with Crippen LogP contribution in [0.5, 0.6) is 5.75 Å². The van der Waals surface area contributed by atoms with Gasteiger partial charge in [0.05, 0.1) is 21.3 Å². The van der Waals surface area contributed by atoms with E-state index in [9.17, 15) is 9.59 Å². The number of hydrogen-bond donors (Lipinski definition) is 0. The van der Waals surface area contributed by atoms with Gasteiger partial charge in [-0.2, -0.15) is 0 Å². The summed E-state index contributed by atoms with van der Waals surface area (Å²) in [5.74, 6) is -0.534. The van der Waals surface area contributed by atoms with Crippen molar-refractivity contribution < 1.29 is 23.8 Å². The van der Waals surface area contributed by atoms with E-state index in [0.29, 0.717) is 5.75 Å². The fourth-order valence-electron chi connectivity index (χ4n) is 1.57. The molecular formula is C14H16O5. The zero-order chi connectivity index (χ0) is 14.3. The highest BCUT2D eigenvalue weighted by molar-refractivity contribution is 5.96. The number of methoxy groups -OCH3 is 3. The molecule has 0 radical (unpaired) electrons. The smallest absolute Gasteiger partial charge is 0.334 e. The molecular weight excluding hydrogens is 248 g/mol. The molecule has 0 bridgehead atoms. The Morgan fingerprint density at radius 2 is 1.79 bits per heavy atom. The zero-order valence-corrected chi connectivity index (χ0v) is 11.1. The molecule has 0 atom stereocenters. The van der Waals surface area contributed by atoms with E-state index in [2.05, 4.69) is 9.47 Å². The van der Waals surface area contributed by atoms with E-state index in [0.717, 1.165) is 11.6 Å². The molecule has 0 fully saturated rings. The topological polar surface area (TPSA) is 61.8 Å². The minimum atomic E-state index is -0.602. The van der Waals surface area contributed by atoms with Crippen molar-refractivity contribution >= 4 is 11.9 Å². The Morgan fingerprint density at radius 1 is 1.11 bits per heavy atom. The number of carbonyl (C=O) groups excluding carboxylic acids is 2. The van der Waals surface area contributed by atoms with E-state index in [1.807, 2.05) is 18.2 Å². The Kier molecular flexibility index (Phi) is 5.60. The summed E-state index contributed by atoms with van der Waals surface area (Å²) < 4.78 is 14.4. The second-order valence-electron chi connectivity index (χ2n) is 3.67. The molecule has 102 valence electrons. The minimum Gasteiger partial charge on any atom is -0.496 e. The summed E-state index contributed by atoms with van der Waals surface area (Å²) >= 11 is 0. The number of hydrogen-bond acceptors (Lipinski definition) is 5. The van der Waals surface area contributed by atoms with E-state index in [-0.39, 0.29) is 12.0 Å². The van der Waals surface area contributed by atoms with Gasteiger partial charge in [-0.3, -0.25) is 0 Å². The summed E-state index contributed by atoms with van der Waals surface area (Å²) in [6, 6.07) is 7.24.